The number of likely N-dealkylation sites (tertiary alicyclic amines) is 1. The monoisotopic (exact) mass is 442 g/mol. The second kappa shape index (κ2) is 9.73. The summed E-state index contributed by atoms with van der Waals surface area (Å²) in [5, 5.41) is 3.02. The van der Waals surface area contributed by atoms with Crippen molar-refractivity contribution in [2.75, 3.05) is 26.2 Å². The van der Waals surface area contributed by atoms with Gasteiger partial charge in [0.15, 0.2) is 0 Å². The van der Waals surface area contributed by atoms with Crippen molar-refractivity contribution in [1.82, 2.24) is 20.1 Å². The molecule has 0 spiro atoms. The fourth-order valence-corrected chi connectivity index (χ4v) is 4.56. The Balaban J connectivity index is 1.40. The van der Waals surface area contributed by atoms with Crippen LogP contribution in [0, 0.1) is 18.6 Å². The Morgan fingerprint density at radius 3 is 2.53 bits per heavy atom. The van der Waals surface area contributed by atoms with Crippen LogP contribution in [0.15, 0.2) is 24.4 Å². The highest BCUT2D eigenvalue weighted by molar-refractivity contribution is 5.79. The Morgan fingerprint density at radius 1 is 1.09 bits per heavy atom. The van der Waals surface area contributed by atoms with E-state index in [-0.39, 0.29) is 18.2 Å². The van der Waals surface area contributed by atoms with Gasteiger partial charge in [0.05, 0.1) is 13.0 Å². The van der Waals surface area contributed by atoms with Crippen molar-refractivity contribution < 1.29 is 18.4 Å². The minimum absolute atomic E-state index is 0.0128. The van der Waals surface area contributed by atoms with Crippen molar-refractivity contribution in [3.05, 3.63) is 64.0 Å². The van der Waals surface area contributed by atoms with Crippen LogP contribution >= 0.6 is 0 Å². The van der Waals surface area contributed by atoms with E-state index in [0.717, 1.165) is 54.4 Å². The van der Waals surface area contributed by atoms with Crippen LogP contribution in [0.4, 0.5) is 8.78 Å². The third-order valence-electron chi connectivity index (χ3n) is 6.25. The summed E-state index contributed by atoms with van der Waals surface area (Å²) in [5.41, 5.74) is 4.28. The van der Waals surface area contributed by atoms with Gasteiger partial charge in [-0.1, -0.05) is 0 Å². The van der Waals surface area contributed by atoms with Gasteiger partial charge in [-0.2, -0.15) is 0 Å². The third-order valence-corrected chi connectivity index (χ3v) is 6.25. The van der Waals surface area contributed by atoms with Crippen molar-refractivity contribution in [3.8, 4) is 0 Å². The number of carbonyl (C=O) groups is 2. The number of fused-ring (bicyclic) bond motifs is 1. The summed E-state index contributed by atoms with van der Waals surface area (Å²) in [6.07, 6.45) is 4.67. The number of carbonyl (C=O) groups excluding carboxylic acids is 2. The van der Waals surface area contributed by atoms with E-state index in [1.807, 2.05) is 6.92 Å². The van der Waals surface area contributed by atoms with Crippen molar-refractivity contribution in [1.29, 1.82) is 0 Å². The number of hydrogen-bond acceptors (Lipinski definition) is 4. The summed E-state index contributed by atoms with van der Waals surface area (Å²) < 4.78 is 26.9. The minimum atomic E-state index is -0.687. The molecule has 0 saturated carbocycles. The molecule has 2 aromatic rings. The minimum Gasteiger partial charge on any atom is -0.351 e. The first-order chi connectivity index (χ1) is 15.4. The summed E-state index contributed by atoms with van der Waals surface area (Å²) in [6.45, 7) is 5.63. The topological polar surface area (TPSA) is 65.5 Å². The number of nitrogens with zero attached hydrogens (tertiary/aromatic N) is 3. The number of halogens is 2. The molecule has 2 amide bonds. The Kier molecular flexibility index (Phi) is 6.79. The highest BCUT2D eigenvalue weighted by Gasteiger charge is 2.24. The maximum atomic E-state index is 13.4. The molecule has 1 saturated heterocycles. The van der Waals surface area contributed by atoms with Crippen LogP contribution in [0.25, 0.3) is 0 Å². The predicted octanol–water partition coefficient (Wildman–Crippen LogP) is 2.51. The lowest BCUT2D eigenvalue weighted by Crippen LogP contribution is -2.38. The largest absolute Gasteiger partial charge is 0.351 e. The lowest BCUT2D eigenvalue weighted by Gasteiger charge is -2.30. The van der Waals surface area contributed by atoms with E-state index in [1.165, 1.54) is 12.1 Å². The normalized spacial score (nSPS) is 16.2. The summed E-state index contributed by atoms with van der Waals surface area (Å²) in [4.78, 5) is 33.4. The summed E-state index contributed by atoms with van der Waals surface area (Å²) >= 11 is 0. The molecule has 8 heteroatoms. The smallest absolute Gasteiger partial charge is 0.234 e. The second-order valence-corrected chi connectivity index (χ2v) is 8.61. The maximum absolute atomic E-state index is 13.4. The van der Waals surface area contributed by atoms with E-state index in [0.29, 0.717) is 38.2 Å². The molecule has 170 valence electrons. The van der Waals surface area contributed by atoms with Crippen LogP contribution in [-0.2, 0) is 35.5 Å². The molecule has 3 heterocycles. The Morgan fingerprint density at radius 2 is 1.81 bits per heavy atom. The lowest BCUT2D eigenvalue weighted by molar-refractivity contribution is -0.131. The molecule has 2 aliphatic rings. The van der Waals surface area contributed by atoms with Gasteiger partial charge < -0.3 is 10.2 Å². The molecule has 1 aromatic heterocycles. The van der Waals surface area contributed by atoms with Crippen molar-refractivity contribution in [2.45, 2.75) is 45.7 Å². The van der Waals surface area contributed by atoms with Crippen LogP contribution in [-0.4, -0.2) is 52.8 Å². The third kappa shape index (κ3) is 5.30. The van der Waals surface area contributed by atoms with Crippen molar-refractivity contribution in [2.24, 2.45) is 0 Å². The van der Waals surface area contributed by atoms with Gasteiger partial charge in [-0.25, -0.2) is 8.78 Å². The number of amides is 2. The number of nitrogens with one attached hydrogen (secondary N) is 1. The van der Waals surface area contributed by atoms with Gasteiger partial charge in [0.1, 0.15) is 11.6 Å². The van der Waals surface area contributed by atoms with Crippen molar-refractivity contribution >= 4 is 11.8 Å². The van der Waals surface area contributed by atoms with Crippen LogP contribution in [0.2, 0.25) is 0 Å². The first-order valence-corrected chi connectivity index (χ1v) is 11.1. The van der Waals surface area contributed by atoms with E-state index in [4.69, 9.17) is 0 Å². The molecule has 0 radical (unpaired) electrons. The average Bonchev–Trinajstić information content (AvgIpc) is 3.25. The van der Waals surface area contributed by atoms with Gasteiger partial charge in [0.25, 0.3) is 0 Å². The van der Waals surface area contributed by atoms with Crippen LogP contribution in [0.3, 0.4) is 0 Å². The number of benzene rings is 1. The summed E-state index contributed by atoms with van der Waals surface area (Å²) in [7, 11) is 0. The standard InChI is InChI=1S/C24H28F2N4O2/c1-16-22(13-28-23(31)15-29-5-2-3-6-29)21-4-7-30(14-18(21)12-27-16)24(32)10-17-8-19(25)11-20(26)9-17/h8-9,11-12H,2-7,10,13-15H2,1H3,(H,28,31). The number of aromatic nitrogens is 1. The van der Waals surface area contributed by atoms with Crippen LogP contribution in [0.1, 0.15) is 40.8 Å². The van der Waals surface area contributed by atoms with Crippen LogP contribution < -0.4 is 5.32 Å². The number of pyridine rings is 1. The molecule has 1 fully saturated rings. The molecule has 0 atom stereocenters. The van der Waals surface area contributed by atoms with E-state index in [1.54, 1.807) is 11.1 Å². The molecule has 6 nitrogen and oxygen atoms in total. The summed E-state index contributed by atoms with van der Waals surface area (Å²) in [5.74, 6) is -1.54. The molecule has 1 N–H and O–H groups in total. The van der Waals surface area contributed by atoms with Gasteiger partial charge in [0, 0.05) is 37.6 Å². The Bertz CT molecular complexity index is 1000. The zero-order chi connectivity index (χ0) is 22.7. The molecular weight excluding hydrogens is 414 g/mol. The van der Waals surface area contributed by atoms with Gasteiger partial charge in [-0.3, -0.25) is 19.5 Å². The van der Waals surface area contributed by atoms with E-state index in [2.05, 4.69) is 15.2 Å². The SMILES string of the molecule is Cc1ncc2c(c1CNC(=O)CN1CCCC1)CCN(C(=O)Cc1cc(F)cc(F)c1)C2. The zero-order valence-electron chi connectivity index (χ0n) is 18.3. The highest BCUT2D eigenvalue weighted by Crippen LogP contribution is 2.24. The fourth-order valence-electron chi connectivity index (χ4n) is 4.56. The molecule has 0 unspecified atom stereocenters. The van der Waals surface area contributed by atoms with Crippen LogP contribution in [0.5, 0.6) is 0 Å². The zero-order valence-corrected chi connectivity index (χ0v) is 18.3. The van der Waals surface area contributed by atoms with E-state index < -0.39 is 11.6 Å². The van der Waals surface area contributed by atoms with Gasteiger partial charge >= 0.3 is 0 Å². The quantitative estimate of drug-likeness (QED) is 0.747. The fraction of sp³-hybridized carbons (Fsp3) is 0.458. The molecule has 1 aromatic carbocycles. The first-order valence-electron chi connectivity index (χ1n) is 11.1. The number of hydrogen-bond donors (Lipinski definition) is 1. The predicted molar refractivity (Wildman–Crippen MR) is 116 cm³/mol. The Labute approximate surface area is 186 Å². The highest BCUT2D eigenvalue weighted by atomic mass is 19.1. The number of aryl methyl sites for hydroxylation is 1. The van der Waals surface area contributed by atoms with E-state index in [9.17, 15) is 18.4 Å². The summed E-state index contributed by atoms with van der Waals surface area (Å²) in [6, 6.07) is 3.17. The average molecular weight is 443 g/mol. The Hall–Kier alpha value is -2.87. The molecule has 32 heavy (non-hydrogen) atoms. The molecule has 4 rings (SSSR count). The molecule has 0 aliphatic carbocycles. The molecular formula is C24H28F2N4O2. The first kappa shape index (κ1) is 22.3. The maximum Gasteiger partial charge on any atom is 0.234 e. The van der Waals surface area contributed by atoms with Gasteiger partial charge in [-0.05, 0) is 73.7 Å². The van der Waals surface area contributed by atoms with E-state index >= 15 is 0 Å². The molecule has 0 bridgehead atoms. The number of rotatable bonds is 6. The second-order valence-electron chi connectivity index (χ2n) is 8.61. The van der Waals surface area contributed by atoms with Gasteiger partial charge in [-0.15, -0.1) is 0 Å². The molecule has 2 aliphatic heterocycles. The van der Waals surface area contributed by atoms with Gasteiger partial charge in [0.2, 0.25) is 11.8 Å². The lowest BCUT2D eigenvalue weighted by atomic mass is 9.94. The van der Waals surface area contributed by atoms with Crippen molar-refractivity contribution in [3.63, 3.8) is 0 Å².